The van der Waals surface area contributed by atoms with E-state index in [0.29, 0.717) is 36.2 Å². The molecule has 112 valence electrons. The third kappa shape index (κ3) is 2.55. The van der Waals surface area contributed by atoms with E-state index < -0.39 is 16.1 Å². The van der Waals surface area contributed by atoms with Crippen LogP contribution in [0.1, 0.15) is 29.5 Å². The van der Waals surface area contributed by atoms with Crippen LogP contribution in [0.2, 0.25) is 0 Å². The van der Waals surface area contributed by atoms with Crippen LogP contribution in [0.15, 0.2) is 11.0 Å². The average Bonchev–Trinajstić information content (AvgIpc) is 2.36. The van der Waals surface area contributed by atoms with Crippen molar-refractivity contribution in [1.82, 2.24) is 4.31 Å². The quantitative estimate of drug-likeness (QED) is 0.807. The normalized spacial score (nSPS) is 21.1. The van der Waals surface area contributed by atoms with Crippen molar-refractivity contribution in [3.05, 3.63) is 22.8 Å². The zero-order chi connectivity index (χ0) is 15.1. The van der Waals surface area contributed by atoms with Crippen molar-refractivity contribution >= 4 is 15.7 Å². The molecule has 1 saturated heterocycles. The highest BCUT2D eigenvalue weighted by atomic mass is 32.2. The maximum absolute atomic E-state index is 12.8. The maximum Gasteiger partial charge on any atom is 0.243 e. The van der Waals surface area contributed by atoms with Crippen molar-refractivity contribution in [2.75, 3.05) is 18.8 Å². The van der Waals surface area contributed by atoms with E-state index in [2.05, 4.69) is 0 Å². The fraction of sp³-hybridized carbons (Fsp3) is 0.571. The van der Waals surface area contributed by atoms with Gasteiger partial charge in [0.05, 0.1) is 11.0 Å². The van der Waals surface area contributed by atoms with Gasteiger partial charge in [0, 0.05) is 18.8 Å². The molecule has 1 atom stereocenters. The smallest absolute Gasteiger partial charge is 0.243 e. The minimum absolute atomic E-state index is 0.162. The molecule has 0 bridgehead atoms. The number of nitrogens with two attached hydrogens (primary N) is 1. The topological polar surface area (TPSA) is 83.6 Å². The van der Waals surface area contributed by atoms with Gasteiger partial charge < -0.3 is 10.8 Å². The zero-order valence-electron chi connectivity index (χ0n) is 12.2. The molecule has 1 fully saturated rings. The summed E-state index contributed by atoms with van der Waals surface area (Å²) in [6.07, 6.45) is 0.752. The molecule has 1 aromatic rings. The molecule has 0 radical (unpaired) electrons. The van der Waals surface area contributed by atoms with E-state index in [9.17, 15) is 13.5 Å². The van der Waals surface area contributed by atoms with Crippen LogP contribution in [0.25, 0.3) is 0 Å². The number of benzene rings is 1. The Morgan fingerprint density at radius 1 is 1.30 bits per heavy atom. The molecule has 0 aromatic heterocycles. The SMILES string of the molecule is Cc1cc(C)c(S(=O)(=O)N2CCC[C@H](O)C2)c(C)c1N. The second kappa shape index (κ2) is 5.35. The summed E-state index contributed by atoms with van der Waals surface area (Å²) >= 11 is 0. The number of aliphatic hydroxyl groups is 1. The van der Waals surface area contributed by atoms with Crippen molar-refractivity contribution in [3.63, 3.8) is 0 Å². The molecule has 1 heterocycles. The molecule has 0 unspecified atom stereocenters. The second-order valence-electron chi connectivity index (χ2n) is 5.54. The summed E-state index contributed by atoms with van der Waals surface area (Å²) in [4.78, 5) is 0.287. The summed E-state index contributed by atoms with van der Waals surface area (Å²) in [5.74, 6) is 0. The predicted molar refractivity (Wildman–Crippen MR) is 79.1 cm³/mol. The summed E-state index contributed by atoms with van der Waals surface area (Å²) < 4.78 is 27.0. The van der Waals surface area contributed by atoms with Crippen molar-refractivity contribution in [2.45, 2.75) is 44.6 Å². The molecule has 3 N–H and O–H groups in total. The van der Waals surface area contributed by atoms with Crippen LogP contribution in [-0.4, -0.2) is 37.0 Å². The summed E-state index contributed by atoms with van der Waals surface area (Å²) in [6, 6.07) is 1.80. The lowest BCUT2D eigenvalue weighted by atomic mass is 10.1. The van der Waals surface area contributed by atoms with Crippen LogP contribution >= 0.6 is 0 Å². The van der Waals surface area contributed by atoms with Crippen LogP contribution in [0.4, 0.5) is 5.69 Å². The number of nitrogen functional groups attached to an aromatic ring is 1. The summed E-state index contributed by atoms with van der Waals surface area (Å²) in [5, 5.41) is 9.70. The lowest BCUT2D eigenvalue weighted by Gasteiger charge is -2.30. The Labute approximate surface area is 120 Å². The van der Waals surface area contributed by atoms with Crippen molar-refractivity contribution < 1.29 is 13.5 Å². The van der Waals surface area contributed by atoms with Crippen LogP contribution < -0.4 is 5.73 Å². The Balaban J connectivity index is 2.52. The van der Waals surface area contributed by atoms with E-state index in [1.165, 1.54) is 4.31 Å². The van der Waals surface area contributed by atoms with Crippen molar-refractivity contribution in [2.24, 2.45) is 0 Å². The first-order valence-corrected chi connectivity index (χ1v) is 8.23. The van der Waals surface area contributed by atoms with Crippen LogP contribution in [-0.2, 0) is 10.0 Å². The Bertz CT molecular complexity index is 626. The molecule has 0 aliphatic carbocycles. The molecule has 20 heavy (non-hydrogen) atoms. The zero-order valence-corrected chi connectivity index (χ0v) is 13.0. The molecular formula is C14H22N2O3S. The highest BCUT2D eigenvalue weighted by Crippen LogP contribution is 2.31. The van der Waals surface area contributed by atoms with Crippen LogP contribution in [0.5, 0.6) is 0 Å². The van der Waals surface area contributed by atoms with Crippen LogP contribution in [0, 0.1) is 20.8 Å². The largest absolute Gasteiger partial charge is 0.398 e. The summed E-state index contributed by atoms with van der Waals surface area (Å²) in [6.45, 7) is 6.01. The Hall–Kier alpha value is -1.11. The third-order valence-corrected chi connectivity index (χ3v) is 6.07. The fourth-order valence-corrected chi connectivity index (χ4v) is 4.81. The maximum atomic E-state index is 12.8. The molecule has 5 nitrogen and oxygen atoms in total. The van der Waals surface area contributed by atoms with Gasteiger partial charge in [0.1, 0.15) is 0 Å². The van der Waals surface area contributed by atoms with E-state index in [4.69, 9.17) is 5.73 Å². The highest BCUT2D eigenvalue weighted by molar-refractivity contribution is 7.89. The second-order valence-corrected chi connectivity index (χ2v) is 7.41. The van der Waals surface area contributed by atoms with E-state index >= 15 is 0 Å². The number of sulfonamides is 1. The van der Waals surface area contributed by atoms with Crippen molar-refractivity contribution in [1.29, 1.82) is 0 Å². The molecule has 1 aliphatic heterocycles. The minimum Gasteiger partial charge on any atom is -0.398 e. The summed E-state index contributed by atoms with van der Waals surface area (Å²) in [7, 11) is -3.60. The number of hydrogen-bond donors (Lipinski definition) is 2. The molecule has 0 amide bonds. The molecule has 1 aliphatic rings. The lowest BCUT2D eigenvalue weighted by Crippen LogP contribution is -2.42. The lowest BCUT2D eigenvalue weighted by molar-refractivity contribution is 0.108. The average molecular weight is 298 g/mol. The first kappa shape index (κ1) is 15.3. The predicted octanol–water partition coefficient (Wildman–Crippen LogP) is 1.34. The Morgan fingerprint density at radius 2 is 1.95 bits per heavy atom. The van der Waals surface area contributed by atoms with Gasteiger partial charge in [0.25, 0.3) is 0 Å². The van der Waals surface area contributed by atoms with E-state index in [0.717, 1.165) is 5.56 Å². The number of anilines is 1. The van der Waals surface area contributed by atoms with Crippen LogP contribution in [0.3, 0.4) is 0 Å². The first-order valence-electron chi connectivity index (χ1n) is 6.79. The number of aliphatic hydroxyl groups excluding tert-OH is 1. The standard InChI is InChI=1S/C14H22N2O3S/c1-9-7-10(2)14(11(3)13(9)15)20(18,19)16-6-4-5-12(17)8-16/h7,12,17H,4-6,8,15H2,1-3H3/t12-/m0/s1. The number of aryl methyl sites for hydroxylation is 2. The van der Waals surface area contributed by atoms with Crippen molar-refractivity contribution in [3.8, 4) is 0 Å². The number of rotatable bonds is 2. The summed E-state index contributed by atoms with van der Waals surface area (Å²) in [5.41, 5.74) is 8.68. The Morgan fingerprint density at radius 3 is 2.55 bits per heavy atom. The van der Waals surface area contributed by atoms with Gasteiger partial charge in [-0.2, -0.15) is 4.31 Å². The highest BCUT2D eigenvalue weighted by Gasteiger charge is 2.32. The van der Waals surface area contributed by atoms with Gasteiger partial charge in [-0.3, -0.25) is 0 Å². The third-order valence-electron chi connectivity index (χ3n) is 3.92. The molecular weight excluding hydrogens is 276 g/mol. The fourth-order valence-electron chi connectivity index (χ4n) is 2.85. The monoisotopic (exact) mass is 298 g/mol. The van der Waals surface area contributed by atoms with Gasteiger partial charge in [-0.05, 0) is 50.3 Å². The number of hydrogen-bond acceptors (Lipinski definition) is 4. The van der Waals surface area contributed by atoms with Gasteiger partial charge in [-0.25, -0.2) is 8.42 Å². The van der Waals surface area contributed by atoms with E-state index in [1.54, 1.807) is 19.9 Å². The van der Waals surface area contributed by atoms with E-state index in [-0.39, 0.29) is 11.4 Å². The Kier molecular flexibility index (Phi) is 4.09. The number of piperidine rings is 1. The molecule has 1 aromatic carbocycles. The molecule has 0 saturated carbocycles. The van der Waals surface area contributed by atoms with Gasteiger partial charge in [0.15, 0.2) is 0 Å². The molecule has 2 rings (SSSR count). The van der Waals surface area contributed by atoms with Gasteiger partial charge in [-0.1, -0.05) is 6.07 Å². The first-order chi connectivity index (χ1) is 9.25. The number of nitrogens with zero attached hydrogens (tertiary/aromatic N) is 1. The van der Waals surface area contributed by atoms with Gasteiger partial charge in [0.2, 0.25) is 10.0 Å². The molecule has 0 spiro atoms. The minimum atomic E-state index is -3.60. The van der Waals surface area contributed by atoms with Gasteiger partial charge in [-0.15, -0.1) is 0 Å². The van der Waals surface area contributed by atoms with E-state index in [1.807, 2.05) is 6.92 Å². The van der Waals surface area contributed by atoms with Gasteiger partial charge >= 0.3 is 0 Å². The molecule has 6 heteroatoms. The number of β-amino-alcohol motifs (C(OH)–C–C–N with tert-alkyl or cyclic N) is 1.